The van der Waals surface area contributed by atoms with Gasteiger partial charge in [0.1, 0.15) is 24.2 Å². The normalized spacial score (nSPS) is 19.0. The molecular formula is C17H26N6O6S. The number of aromatic amines is 1. The molecule has 1 aliphatic heterocycles. The lowest BCUT2D eigenvalue weighted by Gasteiger charge is -2.28. The van der Waals surface area contributed by atoms with Crippen molar-refractivity contribution in [2.75, 3.05) is 18.9 Å². The van der Waals surface area contributed by atoms with Gasteiger partial charge < -0.3 is 36.5 Å². The number of rotatable bonds is 10. The monoisotopic (exact) mass is 442 g/mol. The molecule has 2 rings (SSSR count). The lowest BCUT2D eigenvalue weighted by atomic mass is 10.1. The van der Waals surface area contributed by atoms with Crippen molar-refractivity contribution in [3.05, 3.63) is 18.2 Å². The molecule has 4 atom stereocenters. The molecule has 12 nitrogen and oxygen atoms in total. The third kappa shape index (κ3) is 5.93. The Morgan fingerprint density at radius 1 is 1.30 bits per heavy atom. The highest BCUT2D eigenvalue weighted by Gasteiger charge is 2.38. The summed E-state index contributed by atoms with van der Waals surface area (Å²) in [5, 5.41) is 23.3. The number of imidazole rings is 1. The van der Waals surface area contributed by atoms with Gasteiger partial charge in [0.2, 0.25) is 17.7 Å². The molecule has 2 heterocycles. The van der Waals surface area contributed by atoms with Crippen molar-refractivity contribution in [3.8, 4) is 0 Å². The van der Waals surface area contributed by atoms with E-state index in [-0.39, 0.29) is 18.7 Å². The maximum Gasteiger partial charge on any atom is 0.326 e. The van der Waals surface area contributed by atoms with Crippen molar-refractivity contribution >= 4 is 36.3 Å². The number of carbonyl (C=O) groups excluding carboxylic acids is 3. The van der Waals surface area contributed by atoms with Gasteiger partial charge in [0.15, 0.2) is 0 Å². The summed E-state index contributed by atoms with van der Waals surface area (Å²) in [6.07, 6.45) is 3.84. The molecule has 1 aliphatic rings. The Kier molecular flexibility index (Phi) is 8.62. The maximum absolute atomic E-state index is 13.1. The molecule has 0 aromatic carbocycles. The first kappa shape index (κ1) is 23.6. The Balaban J connectivity index is 2.15. The number of carboxylic acids is 1. The van der Waals surface area contributed by atoms with Crippen LogP contribution in [-0.4, -0.2) is 91.8 Å². The number of aromatic nitrogens is 2. The lowest BCUT2D eigenvalue weighted by molar-refractivity contribution is -0.149. The highest BCUT2D eigenvalue weighted by molar-refractivity contribution is 7.80. The summed E-state index contributed by atoms with van der Waals surface area (Å²) in [5.41, 5.74) is 6.00. The van der Waals surface area contributed by atoms with E-state index in [9.17, 15) is 24.3 Å². The standard InChI is InChI=1S/C17H26N6O6S/c18-10(6-24)14(25)22-12(7-30)15(26)21-11(4-9-5-19-8-20-9)16(27)23-3-1-2-13(23)17(28)29/h5,8,10-13,24,30H,1-4,6-7,18H2,(H,19,20)(H,21,26)(H,22,25)(H,28,29). The van der Waals surface area contributed by atoms with E-state index >= 15 is 0 Å². The van der Waals surface area contributed by atoms with E-state index in [2.05, 4.69) is 33.2 Å². The Bertz CT molecular complexity index is 760. The molecule has 1 fully saturated rings. The molecule has 3 amide bonds. The van der Waals surface area contributed by atoms with E-state index in [1.165, 1.54) is 17.4 Å². The first-order valence-electron chi connectivity index (χ1n) is 9.37. The highest BCUT2D eigenvalue weighted by Crippen LogP contribution is 2.19. The molecular weight excluding hydrogens is 416 g/mol. The first-order valence-corrected chi connectivity index (χ1v) is 10.00. The molecule has 4 unspecified atom stereocenters. The maximum atomic E-state index is 13.1. The van der Waals surface area contributed by atoms with Crippen LogP contribution in [0.25, 0.3) is 0 Å². The Morgan fingerprint density at radius 3 is 2.57 bits per heavy atom. The first-order chi connectivity index (χ1) is 14.3. The van der Waals surface area contributed by atoms with E-state index in [0.29, 0.717) is 18.5 Å². The van der Waals surface area contributed by atoms with Crippen molar-refractivity contribution in [2.24, 2.45) is 5.73 Å². The number of likely N-dealkylation sites (tertiary alicyclic amines) is 1. The van der Waals surface area contributed by atoms with Gasteiger partial charge in [0.25, 0.3) is 0 Å². The van der Waals surface area contributed by atoms with E-state index in [0.717, 1.165) is 0 Å². The number of aliphatic hydroxyl groups is 1. The number of nitrogens with one attached hydrogen (secondary N) is 3. The molecule has 0 aliphatic carbocycles. The Hall–Kier alpha value is -2.64. The summed E-state index contributed by atoms with van der Waals surface area (Å²) >= 11 is 4.05. The van der Waals surface area contributed by atoms with Crippen LogP contribution in [0.5, 0.6) is 0 Å². The fraction of sp³-hybridized carbons (Fsp3) is 0.588. The quantitative estimate of drug-likeness (QED) is 0.190. The lowest BCUT2D eigenvalue weighted by Crippen LogP contribution is -2.58. The summed E-state index contributed by atoms with van der Waals surface area (Å²) in [7, 11) is 0. The number of amides is 3. The second kappa shape index (κ2) is 10.9. The van der Waals surface area contributed by atoms with Crippen LogP contribution in [0.15, 0.2) is 12.5 Å². The summed E-state index contributed by atoms with van der Waals surface area (Å²) in [6.45, 7) is -0.331. The third-order valence-corrected chi connectivity index (χ3v) is 5.13. The third-order valence-electron chi connectivity index (χ3n) is 4.76. The fourth-order valence-corrected chi connectivity index (χ4v) is 3.39. The van der Waals surface area contributed by atoms with Crippen molar-refractivity contribution in [2.45, 2.75) is 43.4 Å². The zero-order valence-corrected chi connectivity index (χ0v) is 17.0. The van der Waals surface area contributed by atoms with E-state index in [4.69, 9.17) is 10.8 Å². The van der Waals surface area contributed by atoms with Gasteiger partial charge in [-0.25, -0.2) is 9.78 Å². The summed E-state index contributed by atoms with van der Waals surface area (Å²) in [6, 6.07) is -4.35. The number of hydrogen-bond donors (Lipinski definition) is 7. The van der Waals surface area contributed by atoms with E-state index < -0.39 is 54.5 Å². The van der Waals surface area contributed by atoms with Crippen LogP contribution >= 0.6 is 12.6 Å². The van der Waals surface area contributed by atoms with Crippen LogP contribution in [-0.2, 0) is 25.6 Å². The Labute approximate surface area is 178 Å². The van der Waals surface area contributed by atoms with Crippen LogP contribution < -0.4 is 16.4 Å². The average molecular weight is 442 g/mol. The number of hydrogen-bond acceptors (Lipinski definition) is 8. The number of aliphatic carboxylic acids is 1. The molecule has 0 radical (unpaired) electrons. The number of aliphatic hydroxyl groups excluding tert-OH is 1. The van der Waals surface area contributed by atoms with Gasteiger partial charge in [-0.3, -0.25) is 14.4 Å². The van der Waals surface area contributed by atoms with Gasteiger partial charge in [0.05, 0.1) is 12.9 Å². The molecule has 1 saturated heterocycles. The number of H-pyrrole nitrogens is 1. The van der Waals surface area contributed by atoms with Crippen molar-refractivity contribution in [1.29, 1.82) is 0 Å². The number of carbonyl (C=O) groups is 4. The van der Waals surface area contributed by atoms with Crippen molar-refractivity contribution in [3.63, 3.8) is 0 Å². The molecule has 1 aromatic rings. The van der Waals surface area contributed by atoms with E-state index in [1.807, 2.05) is 0 Å². The van der Waals surface area contributed by atoms with Crippen molar-refractivity contribution in [1.82, 2.24) is 25.5 Å². The topological polar surface area (TPSA) is 191 Å². The molecule has 166 valence electrons. The SMILES string of the molecule is NC(CO)C(=O)NC(CS)C(=O)NC(Cc1cnc[nH]1)C(=O)N1CCCC1C(=O)O. The average Bonchev–Trinajstić information content (AvgIpc) is 3.41. The van der Waals surface area contributed by atoms with Crippen LogP contribution in [0.2, 0.25) is 0 Å². The second-order valence-electron chi connectivity index (χ2n) is 6.90. The second-order valence-corrected chi connectivity index (χ2v) is 7.27. The molecule has 0 bridgehead atoms. The largest absolute Gasteiger partial charge is 0.480 e. The van der Waals surface area contributed by atoms with Gasteiger partial charge >= 0.3 is 5.97 Å². The smallest absolute Gasteiger partial charge is 0.326 e. The van der Waals surface area contributed by atoms with Gasteiger partial charge in [-0.15, -0.1) is 0 Å². The zero-order valence-electron chi connectivity index (χ0n) is 16.2. The van der Waals surface area contributed by atoms with E-state index in [1.54, 1.807) is 0 Å². The number of nitrogens with zero attached hydrogens (tertiary/aromatic N) is 2. The summed E-state index contributed by atoms with van der Waals surface area (Å²) in [4.78, 5) is 57.1. The van der Waals surface area contributed by atoms with Crippen LogP contribution in [0, 0.1) is 0 Å². The molecule has 30 heavy (non-hydrogen) atoms. The molecule has 1 aromatic heterocycles. The minimum Gasteiger partial charge on any atom is -0.480 e. The van der Waals surface area contributed by atoms with Crippen molar-refractivity contribution < 1.29 is 29.4 Å². The molecule has 0 saturated carbocycles. The van der Waals surface area contributed by atoms with Gasteiger partial charge in [0, 0.05) is 30.6 Å². The molecule has 7 N–H and O–H groups in total. The van der Waals surface area contributed by atoms with Gasteiger partial charge in [-0.1, -0.05) is 0 Å². The van der Waals surface area contributed by atoms with Gasteiger partial charge in [-0.05, 0) is 12.8 Å². The Morgan fingerprint density at radius 2 is 2.00 bits per heavy atom. The zero-order chi connectivity index (χ0) is 22.3. The molecule has 13 heteroatoms. The fourth-order valence-electron chi connectivity index (χ4n) is 3.13. The molecule has 0 spiro atoms. The highest BCUT2D eigenvalue weighted by atomic mass is 32.1. The number of thiol groups is 1. The predicted octanol–water partition coefficient (Wildman–Crippen LogP) is -2.75. The summed E-state index contributed by atoms with van der Waals surface area (Å²) in [5.74, 6) is -3.16. The minimum absolute atomic E-state index is 0.0524. The predicted molar refractivity (Wildman–Crippen MR) is 107 cm³/mol. The summed E-state index contributed by atoms with van der Waals surface area (Å²) < 4.78 is 0. The minimum atomic E-state index is -1.21. The number of nitrogens with two attached hydrogens (primary N) is 1. The van der Waals surface area contributed by atoms with Crippen LogP contribution in [0.1, 0.15) is 18.5 Å². The van der Waals surface area contributed by atoms with Crippen LogP contribution in [0.4, 0.5) is 0 Å². The van der Waals surface area contributed by atoms with Gasteiger partial charge in [-0.2, -0.15) is 12.6 Å². The van der Waals surface area contributed by atoms with Crippen LogP contribution in [0.3, 0.4) is 0 Å². The number of carboxylic acid groups (broad SMARTS) is 1.